The third-order valence-corrected chi connectivity index (χ3v) is 3.27. The highest BCUT2D eigenvalue weighted by Crippen LogP contribution is 2.21. The van der Waals surface area contributed by atoms with Crippen molar-refractivity contribution in [2.24, 2.45) is 5.92 Å². The fraction of sp³-hybridized carbons (Fsp3) is 0.417. The van der Waals surface area contributed by atoms with Gasteiger partial charge in [0.2, 0.25) is 0 Å². The van der Waals surface area contributed by atoms with Gasteiger partial charge in [-0.25, -0.2) is 0 Å². The minimum atomic E-state index is -0.254. The Kier molecular flexibility index (Phi) is 4.02. The largest absolute Gasteiger partial charge is 0.507 e. The number of hydrogen-bond donors (Lipinski definition) is 2. The van der Waals surface area contributed by atoms with Gasteiger partial charge in [0.05, 0.1) is 12.2 Å². The standard InChI is InChI=1S/C12H14BrNO3/c13-9-1-2-11(15)10(5-9)12(16)14-6-8-3-4-17-7-8/h1-2,5,8,15H,3-4,6-7H2,(H,14,16). The van der Waals surface area contributed by atoms with E-state index < -0.39 is 0 Å². The molecule has 92 valence electrons. The van der Waals surface area contributed by atoms with Crippen molar-refractivity contribution in [1.29, 1.82) is 0 Å². The zero-order valence-corrected chi connectivity index (χ0v) is 10.9. The van der Waals surface area contributed by atoms with E-state index in [4.69, 9.17) is 4.74 Å². The van der Waals surface area contributed by atoms with Crippen LogP contribution in [0.2, 0.25) is 0 Å². The molecule has 1 fully saturated rings. The minimum Gasteiger partial charge on any atom is -0.507 e. The van der Waals surface area contributed by atoms with E-state index in [1.807, 2.05) is 0 Å². The molecule has 17 heavy (non-hydrogen) atoms. The number of amides is 1. The van der Waals surface area contributed by atoms with Crippen molar-refractivity contribution < 1.29 is 14.6 Å². The fourth-order valence-corrected chi connectivity index (χ4v) is 2.13. The van der Waals surface area contributed by atoms with Gasteiger partial charge in [0.1, 0.15) is 5.75 Å². The summed E-state index contributed by atoms with van der Waals surface area (Å²) in [5.74, 6) is 0.123. The number of halogens is 1. The molecule has 1 heterocycles. The highest BCUT2D eigenvalue weighted by Gasteiger charge is 2.18. The maximum atomic E-state index is 11.8. The Hall–Kier alpha value is -1.07. The summed E-state index contributed by atoms with van der Waals surface area (Å²) < 4.78 is 6.00. The van der Waals surface area contributed by atoms with Gasteiger partial charge in [-0.15, -0.1) is 0 Å². The summed E-state index contributed by atoms with van der Waals surface area (Å²) >= 11 is 3.27. The number of benzene rings is 1. The maximum Gasteiger partial charge on any atom is 0.255 e. The molecule has 5 heteroatoms. The molecule has 1 amide bonds. The molecule has 0 spiro atoms. The van der Waals surface area contributed by atoms with Crippen LogP contribution in [-0.4, -0.2) is 30.8 Å². The van der Waals surface area contributed by atoms with Crippen LogP contribution < -0.4 is 5.32 Å². The Morgan fingerprint density at radius 3 is 3.12 bits per heavy atom. The number of carbonyl (C=O) groups is 1. The predicted molar refractivity (Wildman–Crippen MR) is 67.1 cm³/mol. The van der Waals surface area contributed by atoms with E-state index >= 15 is 0 Å². The van der Waals surface area contributed by atoms with E-state index in [1.54, 1.807) is 12.1 Å². The van der Waals surface area contributed by atoms with Gasteiger partial charge < -0.3 is 15.2 Å². The van der Waals surface area contributed by atoms with Crippen LogP contribution in [0.25, 0.3) is 0 Å². The molecule has 1 saturated heterocycles. The van der Waals surface area contributed by atoms with Crippen molar-refractivity contribution in [2.75, 3.05) is 19.8 Å². The van der Waals surface area contributed by atoms with E-state index in [1.165, 1.54) is 6.07 Å². The molecule has 1 aromatic rings. The lowest BCUT2D eigenvalue weighted by Crippen LogP contribution is -2.29. The zero-order valence-electron chi connectivity index (χ0n) is 9.28. The number of phenols is 1. The van der Waals surface area contributed by atoms with Crippen LogP contribution in [0.15, 0.2) is 22.7 Å². The zero-order chi connectivity index (χ0) is 12.3. The first-order chi connectivity index (χ1) is 8.16. The monoisotopic (exact) mass is 299 g/mol. The summed E-state index contributed by atoms with van der Waals surface area (Å²) in [4.78, 5) is 11.8. The van der Waals surface area contributed by atoms with Gasteiger partial charge in [-0.3, -0.25) is 4.79 Å². The summed E-state index contributed by atoms with van der Waals surface area (Å²) in [5.41, 5.74) is 0.290. The van der Waals surface area contributed by atoms with Crippen molar-refractivity contribution >= 4 is 21.8 Å². The Balaban J connectivity index is 1.96. The van der Waals surface area contributed by atoms with Crippen LogP contribution in [0, 0.1) is 5.92 Å². The van der Waals surface area contributed by atoms with Gasteiger partial charge >= 0.3 is 0 Å². The molecule has 2 rings (SSSR count). The summed E-state index contributed by atoms with van der Waals surface area (Å²) in [7, 11) is 0. The summed E-state index contributed by atoms with van der Waals surface area (Å²) in [6.45, 7) is 2.05. The predicted octanol–water partition coefficient (Wildman–Crippen LogP) is 1.92. The van der Waals surface area contributed by atoms with Gasteiger partial charge in [-0.05, 0) is 24.6 Å². The van der Waals surface area contributed by atoms with Gasteiger partial charge in [0.25, 0.3) is 5.91 Å². The molecule has 1 aliphatic heterocycles. The second-order valence-electron chi connectivity index (χ2n) is 4.10. The van der Waals surface area contributed by atoms with Crippen LogP contribution in [0.4, 0.5) is 0 Å². The lowest BCUT2D eigenvalue weighted by atomic mass is 10.1. The summed E-state index contributed by atoms with van der Waals surface area (Å²) in [6.07, 6.45) is 0.977. The Bertz CT molecular complexity index is 416. The number of ether oxygens (including phenoxy) is 1. The number of phenolic OH excluding ortho intramolecular Hbond substituents is 1. The molecule has 0 bridgehead atoms. The van der Waals surface area contributed by atoms with Crippen LogP contribution in [-0.2, 0) is 4.74 Å². The van der Waals surface area contributed by atoms with Crippen molar-refractivity contribution in [3.8, 4) is 5.75 Å². The highest BCUT2D eigenvalue weighted by atomic mass is 79.9. The number of nitrogens with one attached hydrogen (secondary N) is 1. The van der Waals surface area contributed by atoms with E-state index in [0.29, 0.717) is 24.6 Å². The number of aromatic hydroxyl groups is 1. The Morgan fingerprint density at radius 2 is 2.41 bits per heavy atom. The fourth-order valence-electron chi connectivity index (χ4n) is 1.77. The molecule has 0 saturated carbocycles. The summed E-state index contributed by atoms with van der Waals surface area (Å²) in [5, 5.41) is 12.4. The van der Waals surface area contributed by atoms with Crippen molar-refractivity contribution in [3.05, 3.63) is 28.2 Å². The lowest BCUT2D eigenvalue weighted by Gasteiger charge is -2.10. The van der Waals surface area contributed by atoms with Gasteiger partial charge in [0.15, 0.2) is 0 Å². The quantitative estimate of drug-likeness (QED) is 0.896. The lowest BCUT2D eigenvalue weighted by molar-refractivity contribution is 0.0942. The van der Waals surface area contributed by atoms with Gasteiger partial charge in [-0.1, -0.05) is 15.9 Å². The number of rotatable bonds is 3. The number of carbonyl (C=O) groups excluding carboxylic acids is 1. The molecule has 1 atom stereocenters. The second-order valence-corrected chi connectivity index (χ2v) is 5.02. The Labute approximate surface area is 108 Å². The van der Waals surface area contributed by atoms with Crippen LogP contribution in [0.5, 0.6) is 5.75 Å². The highest BCUT2D eigenvalue weighted by molar-refractivity contribution is 9.10. The first-order valence-electron chi connectivity index (χ1n) is 5.51. The third kappa shape index (κ3) is 3.20. The normalized spacial score (nSPS) is 19.2. The molecular weight excluding hydrogens is 286 g/mol. The molecule has 1 unspecified atom stereocenters. The third-order valence-electron chi connectivity index (χ3n) is 2.78. The molecule has 0 aromatic heterocycles. The van der Waals surface area contributed by atoms with Gasteiger partial charge in [-0.2, -0.15) is 0 Å². The molecule has 0 radical (unpaired) electrons. The van der Waals surface area contributed by atoms with E-state index in [9.17, 15) is 9.90 Å². The van der Waals surface area contributed by atoms with Crippen LogP contribution >= 0.6 is 15.9 Å². The van der Waals surface area contributed by atoms with Crippen molar-refractivity contribution in [1.82, 2.24) is 5.32 Å². The molecular formula is C12H14BrNO3. The average molecular weight is 300 g/mol. The summed E-state index contributed by atoms with van der Waals surface area (Å²) in [6, 6.07) is 4.80. The van der Waals surface area contributed by atoms with Gasteiger partial charge in [0, 0.05) is 23.5 Å². The van der Waals surface area contributed by atoms with Crippen molar-refractivity contribution in [2.45, 2.75) is 6.42 Å². The minimum absolute atomic E-state index is 0.00614. The SMILES string of the molecule is O=C(NCC1CCOC1)c1cc(Br)ccc1O. The topological polar surface area (TPSA) is 58.6 Å². The Morgan fingerprint density at radius 1 is 1.59 bits per heavy atom. The van der Waals surface area contributed by atoms with E-state index in [0.717, 1.165) is 17.5 Å². The van der Waals surface area contributed by atoms with Crippen molar-refractivity contribution in [3.63, 3.8) is 0 Å². The van der Waals surface area contributed by atoms with Crippen LogP contribution in [0.3, 0.4) is 0 Å². The maximum absolute atomic E-state index is 11.8. The average Bonchev–Trinajstić information content (AvgIpc) is 2.82. The molecule has 1 aromatic carbocycles. The first-order valence-corrected chi connectivity index (χ1v) is 6.30. The molecule has 4 nitrogen and oxygen atoms in total. The number of hydrogen-bond acceptors (Lipinski definition) is 3. The molecule has 1 aliphatic rings. The van der Waals surface area contributed by atoms with E-state index in [2.05, 4.69) is 21.2 Å². The molecule has 0 aliphatic carbocycles. The second kappa shape index (κ2) is 5.51. The smallest absolute Gasteiger partial charge is 0.255 e. The van der Waals surface area contributed by atoms with Crippen LogP contribution in [0.1, 0.15) is 16.8 Å². The molecule has 2 N–H and O–H groups in total. The van der Waals surface area contributed by atoms with E-state index in [-0.39, 0.29) is 11.7 Å². The first kappa shape index (κ1) is 12.4.